The number of rotatable bonds is 3. The van der Waals surface area contributed by atoms with E-state index in [1.165, 1.54) is 12.8 Å². The minimum absolute atomic E-state index is 0.313. The largest absolute Gasteiger partial charge is 0.299 e. The maximum Gasteiger partial charge on any atom is 0.141 e. The third kappa shape index (κ3) is 2.65. The maximum atomic E-state index is 11.9. The number of nitrogens with zero attached hydrogens (tertiary/aromatic N) is 1. The van der Waals surface area contributed by atoms with Crippen LogP contribution in [0.4, 0.5) is 0 Å². The van der Waals surface area contributed by atoms with Gasteiger partial charge in [-0.05, 0) is 31.4 Å². The number of carbonyl (C=O) groups excluding carboxylic acids is 1. The molecule has 0 aliphatic heterocycles. The Bertz CT molecular complexity index is 336. The SMILES string of the molecule is Cc1ccc(CC(=O)C2CCCC2)nc1. The molecule has 0 amide bonds. The number of aromatic nitrogens is 1. The molecule has 1 aliphatic carbocycles. The highest BCUT2D eigenvalue weighted by molar-refractivity contribution is 5.83. The molecular weight excluding hydrogens is 186 g/mol. The molecule has 1 aliphatic rings. The Kier molecular flexibility index (Phi) is 3.14. The quantitative estimate of drug-likeness (QED) is 0.756. The van der Waals surface area contributed by atoms with Crippen molar-refractivity contribution in [3.05, 3.63) is 29.6 Å². The molecule has 1 fully saturated rings. The van der Waals surface area contributed by atoms with Gasteiger partial charge in [-0.2, -0.15) is 0 Å². The number of hydrogen-bond acceptors (Lipinski definition) is 2. The van der Waals surface area contributed by atoms with Gasteiger partial charge >= 0.3 is 0 Å². The van der Waals surface area contributed by atoms with E-state index in [0.717, 1.165) is 24.1 Å². The van der Waals surface area contributed by atoms with Gasteiger partial charge in [-0.25, -0.2) is 0 Å². The third-order valence-corrected chi connectivity index (χ3v) is 3.14. The van der Waals surface area contributed by atoms with Crippen molar-refractivity contribution in [2.24, 2.45) is 5.92 Å². The average Bonchev–Trinajstić information content (AvgIpc) is 2.74. The van der Waals surface area contributed by atoms with Crippen LogP contribution in [-0.4, -0.2) is 10.8 Å². The zero-order chi connectivity index (χ0) is 10.7. The average molecular weight is 203 g/mol. The summed E-state index contributed by atoms with van der Waals surface area (Å²) in [5.74, 6) is 0.692. The van der Waals surface area contributed by atoms with E-state index >= 15 is 0 Å². The minimum atomic E-state index is 0.313. The van der Waals surface area contributed by atoms with Crippen molar-refractivity contribution in [2.75, 3.05) is 0 Å². The Hall–Kier alpha value is -1.18. The summed E-state index contributed by atoms with van der Waals surface area (Å²) in [7, 11) is 0. The van der Waals surface area contributed by atoms with E-state index in [-0.39, 0.29) is 0 Å². The molecule has 1 saturated carbocycles. The van der Waals surface area contributed by atoms with Crippen LogP contribution in [0.1, 0.15) is 36.9 Å². The first-order chi connectivity index (χ1) is 7.25. The summed E-state index contributed by atoms with van der Waals surface area (Å²) in [6.45, 7) is 2.01. The summed E-state index contributed by atoms with van der Waals surface area (Å²) in [5, 5.41) is 0. The first kappa shape index (κ1) is 10.3. The Morgan fingerprint density at radius 3 is 2.73 bits per heavy atom. The number of ketones is 1. The molecule has 1 heterocycles. The fraction of sp³-hybridized carbons (Fsp3) is 0.538. The molecule has 15 heavy (non-hydrogen) atoms. The fourth-order valence-electron chi connectivity index (χ4n) is 2.17. The first-order valence-corrected chi connectivity index (χ1v) is 5.70. The second-order valence-corrected chi connectivity index (χ2v) is 4.45. The summed E-state index contributed by atoms with van der Waals surface area (Å²) in [6.07, 6.45) is 6.97. The number of pyridine rings is 1. The second kappa shape index (κ2) is 4.56. The predicted octanol–water partition coefficient (Wildman–Crippen LogP) is 2.69. The Balaban J connectivity index is 1.96. The summed E-state index contributed by atoms with van der Waals surface area (Å²) in [4.78, 5) is 16.1. The van der Waals surface area contributed by atoms with Crippen LogP contribution in [0.2, 0.25) is 0 Å². The Morgan fingerprint density at radius 1 is 1.40 bits per heavy atom. The van der Waals surface area contributed by atoms with E-state index in [9.17, 15) is 4.79 Å². The van der Waals surface area contributed by atoms with Crippen LogP contribution in [0.5, 0.6) is 0 Å². The van der Waals surface area contributed by atoms with Crippen molar-refractivity contribution in [1.29, 1.82) is 0 Å². The summed E-state index contributed by atoms with van der Waals surface area (Å²) in [5.41, 5.74) is 2.06. The lowest BCUT2D eigenvalue weighted by molar-refractivity contribution is -0.122. The van der Waals surface area contributed by atoms with Gasteiger partial charge in [-0.15, -0.1) is 0 Å². The summed E-state index contributed by atoms with van der Waals surface area (Å²) >= 11 is 0. The summed E-state index contributed by atoms with van der Waals surface area (Å²) < 4.78 is 0. The van der Waals surface area contributed by atoms with E-state index in [1.807, 2.05) is 25.3 Å². The predicted molar refractivity (Wildman–Crippen MR) is 59.6 cm³/mol. The van der Waals surface area contributed by atoms with Gasteiger partial charge in [0, 0.05) is 24.2 Å². The molecular formula is C13H17NO. The molecule has 0 saturated heterocycles. The monoisotopic (exact) mass is 203 g/mol. The zero-order valence-electron chi connectivity index (χ0n) is 9.20. The smallest absolute Gasteiger partial charge is 0.141 e. The molecule has 2 heteroatoms. The Labute approximate surface area is 90.7 Å². The number of carbonyl (C=O) groups is 1. The highest BCUT2D eigenvalue weighted by Gasteiger charge is 2.22. The van der Waals surface area contributed by atoms with E-state index in [4.69, 9.17) is 0 Å². The third-order valence-electron chi connectivity index (χ3n) is 3.14. The van der Waals surface area contributed by atoms with Crippen LogP contribution >= 0.6 is 0 Å². The Morgan fingerprint density at radius 2 is 2.13 bits per heavy atom. The van der Waals surface area contributed by atoms with Gasteiger partial charge in [0.1, 0.15) is 5.78 Å². The van der Waals surface area contributed by atoms with Gasteiger partial charge in [0.05, 0.1) is 0 Å². The van der Waals surface area contributed by atoms with Crippen LogP contribution < -0.4 is 0 Å². The van der Waals surface area contributed by atoms with Crippen molar-refractivity contribution in [3.8, 4) is 0 Å². The van der Waals surface area contributed by atoms with Crippen LogP contribution in [0.15, 0.2) is 18.3 Å². The van der Waals surface area contributed by atoms with Crippen LogP contribution in [0, 0.1) is 12.8 Å². The molecule has 0 unspecified atom stereocenters. The summed E-state index contributed by atoms with van der Waals surface area (Å²) in [6, 6.07) is 3.98. The van der Waals surface area contributed by atoms with Gasteiger partial charge in [-0.1, -0.05) is 18.9 Å². The van der Waals surface area contributed by atoms with Gasteiger partial charge in [-0.3, -0.25) is 9.78 Å². The molecule has 0 N–H and O–H groups in total. The fourth-order valence-corrected chi connectivity index (χ4v) is 2.17. The molecule has 0 spiro atoms. The van der Waals surface area contributed by atoms with Crippen molar-refractivity contribution in [3.63, 3.8) is 0 Å². The van der Waals surface area contributed by atoms with E-state index < -0.39 is 0 Å². The topological polar surface area (TPSA) is 30.0 Å². The maximum absolute atomic E-state index is 11.9. The first-order valence-electron chi connectivity index (χ1n) is 5.70. The number of Topliss-reactive ketones (excluding diaryl/α,β-unsaturated/α-hetero) is 1. The minimum Gasteiger partial charge on any atom is -0.299 e. The normalized spacial score (nSPS) is 16.9. The van der Waals surface area contributed by atoms with E-state index in [1.54, 1.807) is 0 Å². The lowest BCUT2D eigenvalue weighted by Gasteiger charge is -2.07. The molecule has 1 aromatic rings. The highest BCUT2D eigenvalue weighted by atomic mass is 16.1. The standard InChI is InChI=1S/C13H17NO/c1-10-6-7-12(14-9-10)8-13(15)11-4-2-3-5-11/h6-7,9,11H,2-5,8H2,1H3. The van der Waals surface area contributed by atoms with Crippen molar-refractivity contribution in [1.82, 2.24) is 4.98 Å². The van der Waals surface area contributed by atoms with Crippen LogP contribution in [-0.2, 0) is 11.2 Å². The molecule has 0 aromatic carbocycles. The molecule has 1 aromatic heterocycles. The number of hydrogen-bond donors (Lipinski definition) is 0. The second-order valence-electron chi connectivity index (χ2n) is 4.45. The van der Waals surface area contributed by atoms with E-state index in [2.05, 4.69) is 4.98 Å². The lowest BCUT2D eigenvalue weighted by atomic mass is 9.98. The zero-order valence-corrected chi connectivity index (χ0v) is 9.20. The van der Waals surface area contributed by atoms with Gasteiger partial charge in [0.15, 0.2) is 0 Å². The van der Waals surface area contributed by atoms with Gasteiger partial charge < -0.3 is 0 Å². The highest BCUT2D eigenvalue weighted by Crippen LogP contribution is 2.26. The molecule has 0 bridgehead atoms. The van der Waals surface area contributed by atoms with E-state index in [0.29, 0.717) is 18.1 Å². The molecule has 80 valence electrons. The lowest BCUT2D eigenvalue weighted by Crippen LogP contribution is -2.14. The van der Waals surface area contributed by atoms with Gasteiger partial charge in [0.2, 0.25) is 0 Å². The van der Waals surface area contributed by atoms with Crippen molar-refractivity contribution in [2.45, 2.75) is 39.0 Å². The van der Waals surface area contributed by atoms with Crippen LogP contribution in [0.25, 0.3) is 0 Å². The molecule has 0 atom stereocenters. The van der Waals surface area contributed by atoms with Gasteiger partial charge in [0.25, 0.3) is 0 Å². The molecule has 2 rings (SSSR count). The number of aryl methyl sites for hydroxylation is 1. The molecule has 0 radical (unpaired) electrons. The van der Waals surface area contributed by atoms with Crippen molar-refractivity contribution < 1.29 is 4.79 Å². The molecule has 2 nitrogen and oxygen atoms in total. The van der Waals surface area contributed by atoms with Crippen molar-refractivity contribution >= 4 is 5.78 Å². The van der Waals surface area contributed by atoms with Crippen LogP contribution in [0.3, 0.4) is 0 Å².